The van der Waals surface area contributed by atoms with E-state index in [4.69, 9.17) is 5.10 Å². The number of aromatic nitrogens is 6. The third-order valence-corrected chi connectivity index (χ3v) is 5.72. The summed E-state index contributed by atoms with van der Waals surface area (Å²) in [4.78, 5) is 14.9. The predicted octanol–water partition coefficient (Wildman–Crippen LogP) is 2.17. The molecular formula is C22H26N8O. The molecule has 9 nitrogen and oxygen atoms in total. The van der Waals surface area contributed by atoms with Crippen LogP contribution in [-0.4, -0.2) is 55.1 Å². The molecule has 0 saturated carbocycles. The maximum absolute atomic E-state index is 12.7. The summed E-state index contributed by atoms with van der Waals surface area (Å²) in [6.45, 7) is 8.60. The molecular weight excluding hydrogens is 392 g/mol. The Labute approximate surface area is 180 Å². The Morgan fingerprint density at radius 3 is 2.65 bits per heavy atom. The van der Waals surface area contributed by atoms with Crippen LogP contribution in [0, 0.1) is 5.92 Å². The number of para-hydroxylation sites is 1. The van der Waals surface area contributed by atoms with Gasteiger partial charge in [0.25, 0.3) is 5.91 Å². The Bertz CT molecular complexity index is 1280. The first-order valence-electron chi connectivity index (χ1n) is 10.5. The second kappa shape index (κ2) is 7.04. The van der Waals surface area contributed by atoms with Gasteiger partial charge in [-0.15, -0.1) is 15.3 Å². The summed E-state index contributed by atoms with van der Waals surface area (Å²) in [6, 6.07) is 11.7. The molecule has 160 valence electrons. The van der Waals surface area contributed by atoms with E-state index in [0.29, 0.717) is 18.2 Å². The highest BCUT2D eigenvalue weighted by Crippen LogP contribution is 2.25. The molecule has 1 aliphatic heterocycles. The lowest BCUT2D eigenvalue weighted by molar-refractivity contribution is 0.0940. The van der Waals surface area contributed by atoms with Crippen molar-refractivity contribution >= 4 is 28.3 Å². The molecule has 1 saturated heterocycles. The van der Waals surface area contributed by atoms with E-state index in [1.54, 1.807) is 4.68 Å². The maximum Gasteiger partial charge on any atom is 0.272 e. The number of carbonyl (C=O) groups excluding carboxylic acids is 1. The van der Waals surface area contributed by atoms with E-state index in [1.807, 2.05) is 48.0 Å². The Morgan fingerprint density at radius 2 is 1.87 bits per heavy atom. The van der Waals surface area contributed by atoms with Crippen molar-refractivity contribution in [2.45, 2.75) is 26.2 Å². The number of anilines is 1. The molecule has 1 aromatic carbocycles. The quantitative estimate of drug-likeness (QED) is 0.546. The first-order chi connectivity index (χ1) is 14.8. The van der Waals surface area contributed by atoms with Crippen LogP contribution in [0.1, 0.15) is 37.1 Å². The smallest absolute Gasteiger partial charge is 0.272 e. The monoisotopic (exact) mass is 418 g/mol. The van der Waals surface area contributed by atoms with Gasteiger partial charge in [0.1, 0.15) is 5.82 Å². The van der Waals surface area contributed by atoms with Crippen molar-refractivity contribution in [2.24, 2.45) is 13.0 Å². The highest BCUT2D eigenvalue weighted by atomic mass is 16.1. The molecule has 1 fully saturated rings. The number of aryl methyl sites for hydroxylation is 1. The highest BCUT2D eigenvalue weighted by molar-refractivity contribution is 6.04. The van der Waals surface area contributed by atoms with Crippen molar-refractivity contribution in [1.82, 2.24) is 34.9 Å². The van der Waals surface area contributed by atoms with Gasteiger partial charge in [-0.2, -0.15) is 9.61 Å². The molecule has 1 N–H and O–H groups in total. The number of hydrogen-bond donors (Lipinski definition) is 1. The predicted molar refractivity (Wildman–Crippen MR) is 118 cm³/mol. The number of nitrogens with zero attached hydrogens (tertiary/aromatic N) is 7. The molecule has 0 atom stereocenters. The van der Waals surface area contributed by atoms with Crippen LogP contribution < -0.4 is 10.2 Å². The van der Waals surface area contributed by atoms with E-state index in [9.17, 15) is 4.79 Å². The molecule has 0 radical (unpaired) electrons. The standard InChI is InChI=1S/C22H26N8O/c1-22(2,3)21-25-24-17-9-10-18(26-30(17)21)29-12-14(13-29)11-23-20(31)19-15-7-5-6-8-16(15)28(4)27-19/h5-10,14H,11-13H2,1-4H3,(H,23,31). The summed E-state index contributed by atoms with van der Waals surface area (Å²) in [5.74, 6) is 1.99. The van der Waals surface area contributed by atoms with E-state index in [-0.39, 0.29) is 11.3 Å². The minimum Gasteiger partial charge on any atom is -0.354 e. The SMILES string of the molecule is Cn1nc(C(=O)NCC2CN(c3ccc4nnc(C(C)(C)C)n4n3)C2)c2ccccc21. The molecule has 0 bridgehead atoms. The second-order valence-corrected chi connectivity index (χ2v) is 9.21. The van der Waals surface area contributed by atoms with Gasteiger partial charge < -0.3 is 10.2 Å². The molecule has 0 spiro atoms. The fraction of sp³-hybridized carbons (Fsp3) is 0.409. The van der Waals surface area contributed by atoms with Gasteiger partial charge in [0.05, 0.1) is 5.52 Å². The zero-order chi connectivity index (χ0) is 21.8. The van der Waals surface area contributed by atoms with Crippen molar-refractivity contribution in [3.63, 3.8) is 0 Å². The molecule has 31 heavy (non-hydrogen) atoms. The van der Waals surface area contributed by atoms with Crippen molar-refractivity contribution in [3.8, 4) is 0 Å². The Hall–Kier alpha value is -3.49. The molecule has 1 aliphatic rings. The number of fused-ring (bicyclic) bond motifs is 2. The number of hydrogen-bond acceptors (Lipinski definition) is 6. The molecule has 5 rings (SSSR count). The fourth-order valence-corrected chi connectivity index (χ4v) is 4.00. The minimum atomic E-state index is -0.136. The van der Waals surface area contributed by atoms with E-state index in [2.05, 4.69) is 46.3 Å². The van der Waals surface area contributed by atoms with E-state index >= 15 is 0 Å². The number of carbonyl (C=O) groups is 1. The average Bonchev–Trinajstić information content (AvgIpc) is 3.28. The lowest BCUT2D eigenvalue weighted by atomic mass is 9.96. The zero-order valence-electron chi connectivity index (χ0n) is 18.2. The first kappa shape index (κ1) is 19.5. The van der Waals surface area contributed by atoms with Crippen molar-refractivity contribution in [1.29, 1.82) is 0 Å². The second-order valence-electron chi connectivity index (χ2n) is 9.21. The minimum absolute atomic E-state index is 0.130. The summed E-state index contributed by atoms with van der Waals surface area (Å²) >= 11 is 0. The molecule has 1 amide bonds. The number of rotatable bonds is 4. The van der Waals surface area contributed by atoms with Crippen LogP contribution in [0.25, 0.3) is 16.6 Å². The molecule has 4 aromatic rings. The van der Waals surface area contributed by atoms with Crippen LogP contribution >= 0.6 is 0 Å². The van der Waals surface area contributed by atoms with Crippen LogP contribution in [0.15, 0.2) is 36.4 Å². The van der Waals surface area contributed by atoms with Crippen LogP contribution in [0.2, 0.25) is 0 Å². The number of nitrogens with one attached hydrogen (secondary N) is 1. The largest absolute Gasteiger partial charge is 0.354 e. The van der Waals surface area contributed by atoms with Gasteiger partial charge in [0, 0.05) is 43.4 Å². The van der Waals surface area contributed by atoms with E-state index in [1.165, 1.54) is 0 Å². The molecule has 3 aromatic heterocycles. The summed E-state index contributed by atoms with van der Waals surface area (Å²) in [7, 11) is 1.85. The number of amides is 1. The van der Waals surface area contributed by atoms with E-state index < -0.39 is 0 Å². The van der Waals surface area contributed by atoms with Crippen molar-refractivity contribution in [2.75, 3.05) is 24.5 Å². The third kappa shape index (κ3) is 3.39. The van der Waals surface area contributed by atoms with Crippen molar-refractivity contribution in [3.05, 3.63) is 47.9 Å². The summed E-state index contributed by atoms with van der Waals surface area (Å²) < 4.78 is 3.57. The van der Waals surface area contributed by atoms with Gasteiger partial charge in [-0.05, 0) is 18.2 Å². The number of benzene rings is 1. The summed E-state index contributed by atoms with van der Waals surface area (Å²) in [5, 5.41) is 21.6. The van der Waals surface area contributed by atoms with E-state index in [0.717, 1.165) is 41.3 Å². The molecule has 9 heteroatoms. The van der Waals surface area contributed by atoms with Crippen LogP contribution in [-0.2, 0) is 12.5 Å². The highest BCUT2D eigenvalue weighted by Gasteiger charge is 2.30. The summed E-state index contributed by atoms with van der Waals surface area (Å²) in [6.07, 6.45) is 0. The van der Waals surface area contributed by atoms with Gasteiger partial charge in [-0.1, -0.05) is 39.0 Å². The Kier molecular flexibility index (Phi) is 4.42. The first-order valence-corrected chi connectivity index (χ1v) is 10.5. The average molecular weight is 419 g/mol. The van der Waals surface area contributed by atoms with Crippen molar-refractivity contribution < 1.29 is 4.79 Å². The van der Waals surface area contributed by atoms with Crippen LogP contribution in [0.5, 0.6) is 0 Å². The van der Waals surface area contributed by atoms with Gasteiger partial charge >= 0.3 is 0 Å². The lowest BCUT2D eigenvalue weighted by Gasteiger charge is -2.40. The zero-order valence-corrected chi connectivity index (χ0v) is 18.2. The molecule has 0 unspecified atom stereocenters. The maximum atomic E-state index is 12.7. The normalized spacial score (nSPS) is 14.9. The van der Waals surface area contributed by atoms with Gasteiger partial charge in [0.2, 0.25) is 0 Å². The molecule has 0 aliphatic carbocycles. The van der Waals surface area contributed by atoms with Gasteiger partial charge in [-0.25, -0.2) is 0 Å². The lowest BCUT2D eigenvalue weighted by Crippen LogP contribution is -2.52. The third-order valence-electron chi connectivity index (χ3n) is 5.72. The molecule has 4 heterocycles. The Balaban J connectivity index is 1.23. The van der Waals surface area contributed by atoms with Crippen LogP contribution in [0.4, 0.5) is 5.82 Å². The fourth-order valence-electron chi connectivity index (χ4n) is 4.00. The van der Waals surface area contributed by atoms with Gasteiger partial charge in [0.15, 0.2) is 17.2 Å². The van der Waals surface area contributed by atoms with Gasteiger partial charge in [-0.3, -0.25) is 9.48 Å². The topological polar surface area (TPSA) is 93.2 Å². The van der Waals surface area contributed by atoms with Crippen LogP contribution in [0.3, 0.4) is 0 Å². The Morgan fingerprint density at radius 1 is 1.10 bits per heavy atom. The summed E-state index contributed by atoms with van der Waals surface area (Å²) in [5.41, 5.74) is 2.04.